The highest BCUT2D eigenvalue weighted by atomic mass is 16.1. The van der Waals surface area contributed by atoms with E-state index in [1.807, 2.05) is 12.2 Å². The molecule has 0 bridgehead atoms. The summed E-state index contributed by atoms with van der Waals surface area (Å²) >= 11 is 0. The van der Waals surface area contributed by atoms with Crippen LogP contribution in [0.5, 0.6) is 0 Å². The van der Waals surface area contributed by atoms with Crippen molar-refractivity contribution in [3.05, 3.63) is 36.5 Å². The molecule has 0 saturated heterocycles. The van der Waals surface area contributed by atoms with E-state index in [0.717, 1.165) is 18.4 Å². The monoisotopic (exact) mass is 176 g/mol. The van der Waals surface area contributed by atoms with Gasteiger partial charge in [-0.1, -0.05) is 31.2 Å². The molecule has 0 aromatic carbocycles. The van der Waals surface area contributed by atoms with E-state index in [4.69, 9.17) is 0 Å². The van der Waals surface area contributed by atoms with Crippen LogP contribution in [0.4, 0.5) is 0 Å². The summed E-state index contributed by atoms with van der Waals surface area (Å²) < 4.78 is 0. The lowest BCUT2D eigenvalue weighted by Gasteiger charge is -2.12. The summed E-state index contributed by atoms with van der Waals surface area (Å²) in [5.41, 5.74) is 0.851. The van der Waals surface area contributed by atoms with Gasteiger partial charge in [0.25, 0.3) is 0 Å². The van der Waals surface area contributed by atoms with Gasteiger partial charge in [0.15, 0.2) is 5.78 Å². The third kappa shape index (κ3) is 2.69. The third-order valence-corrected chi connectivity index (χ3v) is 2.36. The first kappa shape index (κ1) is 9.97. The van der Waals surface area contributed by atoms with Crippen LogP contribution in [-0.4, -0.2) is 5.78 Å². The number of allylic oxidation sites excluding steroid dienone is 5. The Bertz CT molecular complexity index is 258. The molecule has 1 nitrogen and oxygen atoms in total. The van der Waals surface area contributed by atoms with E-state index in [1.54, 1.807) is 6.08 Å². The van der Waals surface area contributed by atoms with Gasteiger partial charge in [-0.25, -0.2) is 0 Å². The number of rotatable bonds is 4. The summed E-state index contributed by atoms with van der Waals surface area (Å²) in [5, 5.41) is 0. The first-order valence-corrected chi connectivity index (χ1v) is 4.80. The fraction of sp³-hybridized carbons (Fsp3) is 0.417. The number of carbonyl (C=O) groups is 1. The number of carbonyl (C=O) groups excluding carboxylic acids is 1. The van der Waals surface area contributed by atoms with Crippen LogP contribution in [0.1, 0.15) is 26.2 Å². The van der Waals surface area contributed by atoms with Crippen molar-refractivity contribution >= 4 is 5.78 Å². The molecule has 0 aromatic heterocycles. The maximum atomic E-state index is 11.4. The molecule has 0 aliphatic heterocycles. The predicted molar refractivity (Wildman–Crippen MR) is 55.4 cm³/mol. The molecule has 1 aliphatic carbocycles. The topological polar surface area (TPSA) is 17.1 Å². The molecule has 13 heavy (non-hydrogen) atoms. The summed E-state index contributed by atoms with van der Waals surface area (Å²) in [4.78, 5) is 11.4. The first-order valence-electron chi connectivity index (χ1n) is 4.80. The number of Topliss-reactive ketones (excluding diaryl/α,β-unsaturated/α-hetero) is 1. The molecule has 1 rings (SSSR count). The zero-order valence-electron chi connectivity index (χ0n) is 8.12. The highest BCUT2D eigenvalue weighted by Crippen LogP contribution is 2.19. The fourth-order valence-electron chi connectivity index (χ4n) is 1.42. The standard InChI is InChI=1S/C12H16O/c1-3-5-12(13)11-8-6-10(4-2)7-9-11/h3,6,8-10H,1,4-5,7H2,2H3. The van der Waals surface area contributed by atoms with Crippen molar-refractivity contribution in [2.45, 2.75) is 26.2 Å². The molecule has 1 heteroatoms. The summed E-state index contributed by atoms with van der Waals surface area (Å²) in [6.45, 7) is 5.72. The van der Waals surface area contributed by atoms with Crippen molar-refractivity contribution in [1.82, 2.24) is 0 Å². The molecule has 0 amide bonds. The van der Waals surface area contributed by atoms with Gasteiger partial charge in [0.2, 0.25) is 0 Å². The zero-order chi connectivity index (χ0) is 9.68. The van der Waals surface area contributed by atoms with Crippen molar-refractivity contribution in [3.63, 3.8) is 0 Å². The number of hydrogen-bond acceptors (Lipinski definition) is 1. The lowest BCUT2D eigenvalue weighted by atomic mass is 9.92. The minimum absolute atomic E-state index is 0.181. The normalized spacial score (nSPS) is 21.0. The van der Waals surface area contributed by atoms with Gasteiger partial charge in [-0.3, -0.25) is 4.79 Å². The Hall–Kier alpha value is -1.11. The second kappa shape index (κ2) is 4.80. The van der Waals surface area contributed by atoms with Crippen molar-refractivity contribution in [2.24, 2.45) is 5.92 Å². The van der Waals surface area contributed by atoms with Gasteiger partial charge in [0.05, 0.1) is 0 Å². The molecule has 0 spiro atoms. The molecule has 1 aliphatic rings. The average molecular weight is 176 g/mol. The summed E-state index contributed by atoms with van der Waals surface area (Å²) in [7, 11) is 0. The molecule has 1 atom stereocenters. The molecular weight excluding hydrogens is 160 g/mol. The second-order valence-corrected chi connectivity index (χ2v) is 3.34. The third-order valence-electron chi connectivity index (χ3n) is 2.36. The minimum Gasteiger partial charge on any atom is -0.294 e. The molecule has 1 unspecified atom stereocenters. The van der Waals surface area contributed by atoms with Crippen LogP contribution in [0.3, 0.4) is 0 Å². The summed E-state index contributed by atoms with van der Waals surface area (Å²) in [6.07, 6.45) is 10.4. The van der Waals surface area contributed by atoms with E-state index in [9.17, 15) is 4.79 Å². The average Bonchev–Trinajstić information content (AvgIpc) is 2.18. The van der Waals surface area contributed by atoms with Gasteiger partial charge in [-0.15, -0.1) is 6.58 Å². The van der Waals surface area contributed by atoms with Crippen LogP contribution in [0.15, 0.2) is 36.5 Å². The van der Waals surface area contributed by atoms with Crippen molar-refractivity contribution < 1.29 is 4.79 Å². The van der Waals surface area contributed by atoms with Gasteiger partial charge in [-0.05, 0) is 18.8 Å². The summed E-state index contributed by atoms with van der Waals surface area (Å²) in [5.74, 6) is 0.807. The van der Waals surface area contributed by atoms with Gasteiger partial charge >= 0.3 is 0 Å². The van der Waals surface area contributed by atoms with Crippen LogP contribution >= 0.6 is 0 Å². The van der Waals surface area contributed by atoms with E-state index in [-0.39, 0.29) is 5.78 Å². The second-order valence-electron chi connectivity index (χ2n) is 3.34. The Kier molecular flexibility index (Phi) is 3.69. The quantitative estimate of drug-likeness (QED) is 0.602. The largest absolute Gasteiger partial charge is 0.294 e. The lowest BCUT2D eigenvalue weighted by Crippen LogP contribution is -2.05. The fourth-order valence-corrected chi connectivity index (χ4v) is 1.42. The highest BCUT2D eigenvalue weighted by Gasteiger charge is 2.10. The lowest BCUT2D eigenvalue weighted by molar-refractivity contribution is -0.114. The van der Waals surface area contributed by atoms with Crippen LogP contribution in [-0.2, 0) is 4.79 Å². The SMILES string of the molecule is C=CCC(=O)C1=CCC(CC)C=C1. The molecule has 0 N–H and O–H groups in total. The molecule has 0 fully saturated rings. The van der Waals surface area contributed by atoms with Crippen LogP contribution in [0.25, 0.3) is 0 Å². The van der Waals surface area contributed by atoms with Gasteiger partial charge in [0.1, 0.15) is 0 Å². The summed E-state index contributed by atoms with van der Waals surface area (Å²) in [6, 6.07) is 0. The maximum Gasteiger partial charge on any atom is 0.166 e. The van der Waals surface area contributed by atoms with E-state index in [1.165, 1.54) is 0 Å². The van der Waals surface area contributed by atoms with Crippen molar-refractivity contribution in [2.75, 3.05) is 0 Å². The van der Waals surface area contributed by atoms with Crippen LogP contribution in [0.2, 0.25) is 0 Å². The van der Waals surface area contributed by atoms with Crippen LogP contribution < -0.4 is 0 Å². The number of hydrogen-bond donors (Lipinski definition) is 0. The Balaban J connectivity index is 2.56. The van der Waals surface area contributed by atoms with Crippen molar-refractivity contribution in [1.29, 1.82) is 0 Å². The minimum atomic E-state index is 0.181. The zero-order valence-corrected chi connectivity index (χ0v) is 8.12. The Morgan fingerprint density at radius 1 is 1.77 bits per heavy atom. The Morgan fingerprint density at radius 2 is 2.54 bits per heavy atom. The predicted octanol–water partition coefficient (Wildman–Crippen LogP) is 3.04. The molecular formula is C12H16O. The smallest absolute Gasteiger partial charge is 0.166 e. The van der Waals surface area contributed by atoms with E-state index < -0.39 is 0 Å². The van der Waals surface area contributed by atoms with Crippen molar-refractivity contribution in [3.8, 4) is 0 Å². The van der Waals surface area contributed by atoms with E-state index in [2.05, 4.69) is 19.6 Å². The van der Waals surface area contributed by atoms with Gasteiger partial charge in [0, 0.05) is 12.0 Å². The Morgan fingerprint density at radius 3 is 3.00 bits per heavy atom. The molecule has 0 heterocycles. The molecule has 70 valence electrons. The maximum absolute atomic E-state index is 11.4. The van der Waals surface area contributed by atoms with E-state index in [0.29, 0.717) is 12.3 Å². The Labute approximate surface area is 79.8 Å². The first-order chi connectivity index (χ1) is 6.27. The molecule has 0 aromatic rings. The van der Waals surface area contributed by atoms with Gasteiger partial charge in [-0.2, -0.15) is 0 Å². The highest BCUT2D eigenvalue weighted by molar-refractivity contribution is 5.98. The van der Waals surface area contributed by atoms with Gasteiger partial charge < -0.3 is 0 Å². The number of ketones is 1. The van der Waals surface area contributed by atoms with Crippen LogP contribution in [0, 0.1) is 5.92 Å². The molecule has 0 saturated carbocycles. The van der Waals surface area contributed by atoms with E-state index >= 15 is 0 Å². The molecule has 0 radical (unpaired) electrons.